The molecule has 0 saturated carbocycles. The number of Topliss-reactive ketones (excluding diaryl/α,β-unsaturated/α-hetero) is 1. The van der Waals surface area contributed by atoms with Gasteiger partial charge in [0.15, 0.2) is 0 Å². The van der Waals surface area contributed by atoms with Crippen LogP contribution in [0.15, 0.2) is 17.1 Å². The number of carbonyl (C=O) groups is 1. The van der Waals surface area contributed by atoms with Gasteiger partial charge < -0.3 is 0 Å². The molecule has 0 aliphatic carbocycles. The highest BCUT2D eigenvalue weighted by Crippen LogP contribution is 2.06. The van der Waals surface area contributed by atoms with Crippen LogP contribution in [0.25, 0.3) is 0 Å². The number of hydrogen-bond acceptors (Lipinski definition) is 2. The third-order valence-electron chi connectivity index (χ3n) is 1.72. The standard InChI is InChI=1S/C10H15NO/c1-8(2)6-10(12)7-9-4-3-5-11-9/h3-4,8H,5-7H2,1-2H3. The Morgan fingerprint density at radius 1 is 1.67 bits per heavy atom. The summed E-state index contributed by atoms with van der Waals surface area (Å²) < 4.78 is 0. The van der Waals surface area contributed by atoms with Crippen molar-refractivity contribution in [2.75, 3.05) is 6.54 Å². The Kier molecular flexibility index (Phi) is 3.20. The Hall–Kier alpha value is -0.920. The van der Waals surface area contributed by atoms with Gasteiger partial charge in [-0.05, 0) is 12.0 Å². The van der Waals surface area contributed by atoms with Crippen LogP contribution in [0.2, 0.25) is 0 Å². The van der Waals surface area contributed by atoms with E-state index in [1.807, 2.05) is 12.2 Å². The minimum Gasteiger partial charge on any atom is -0.299 e. The van der Waals surface area contributed by atoms with E-state index in [4.69, 9.17) is 0 Å². The van der Waals surface area contributed by atoms with Gasteiger partial charge in [0.25, 0.3) is 0 Å². The molecule has 0 fully saturated rings. The second-order valence-electron chi connectivity index (χ2n) is 3.55. The molecule has 1 aliphatic rings. The summed E-state index contributed by atoms with van der Waals surface area (Å²) in [6.07, 6.45) is 5.12. The molecule has 0 radical (unpaired) electrons. The highest BCUT2D eigenvalue weighted by molar-refractivity contribution is 6.08. The summed E-state index contributed by atoms with van der Waals surface area (Å²) in [5.41, 5.74) is 0.945. The fourth-order valence-electron chi connectivity index (χ4n) is 1.26. The zero-order chi connectivity index (χ0) is 8.97. The van der Waals surface area contributed by atoms with Gasteiger partial charge in [0.1, 0.15) is 5.78 Å². The average Bonchev–Trinajstić information content (AvgIpc) is 2.37. The van der Waals surface area contributed by atoms with E-state index in [0.29, 0.717) is 24.5 Å². The Labute approximate surface area is 73.4 Å². The molecule has 0 spiro atoms. The Bertz CT molecular complexity index is 226. The average molecular weight is 165 g/mol. The predicted octanol–water partition coefficient (Wildman–Crippen LogP) is 2.00. The molecule has 0 saturated heterocycles. The van der Waals surface area contributed by atoms with Crippen molar-refractivity contribution < 1.29 is 4.79 Å². The maximum atomic E-state index is 11.3. The second kappa shape index (κ2) is 4.19. The molecule has 1 heterocycles. The lowest BCUT2D eigenvalue weighted by Crippen LogP contribution is -2.07. The van der Waals surface area contributed by atoms with Crippen molar-refractivity contribution in [1.29, 1.82) is 0 Å². The van der Waals surface area contributed by atoms with Gasteiger partial charge >= 0.3 is 0 Å². The first-order chi connectivity index (χ1) is 5.68. The lowest BCUT2D eigenvalue weighted by atomic mass is 10.0. The van der Waals surface area contributed by atoms with Crippen LogP contribution in [0.3, 0.4) is 0 Å². The molecule has 12 heavy (non-hydrogen) atoms. The summed E-state index contributed by atoms with van der Waals surface area (Å²) in [5.74, 6) is 0.763. The number of ketones is 1. The Morgan fingerprint density at radius 3 is 2.92 bits per heavy atom. The fraction of sp³-hybridized carbons (Fsp3) is 0.600. The topological polar surface area (TPSA) is 29.4 Å². The number of allylic oxidation sites excluding steroid dienone is 1. The van der Waals surface area contributed by atoms with Crippen molar-refractivity contribution >= 4 is 11.5 Å². The molecule has 2 nitrogen and oxygen atoms in total. The molecule has 0 amide bonds. The van der Waals surface area contributed by atoms with Crippen molar-refractivity contribution in [3.63, 3.8) is 0 Å². The van der Waals surface area contributed by atoms with Gasteiger partial charge in [-0.1, -0.05) is 19.9 Å². The third-order valence-corrected chi connectivity index (χ3v) is 1.72. The van der Waals surface area contributed by atoms with Gasteiger partial charge in [-0.25, -0.2) is 0 Å². The van der Waals surface area contributed by atoms with E-state index >= 15 is 0 Å². The molecular weight excluding hydrogens is 150 g/mol. The maximum Gasteiger partial charge on any atom is 0.139 e. The summed E-state index contributed by atoms with van der Waals surface area (Å²) in [7, 11) is 0. The van der Waals surface area contributed by atoms with Crippen molar-refractivity contribution in [3.05, 3.63) is 12.2 Å². The predicted molar refractivity (Wildman–Crippen MR) is 50.5 cm³/mol. The van der Waals surface area contributed by atoms with Crippen LogP contribution in [-0.4, -0.2) is 18.0 Å². The first-order valence-electron chi connectivity index (χ1n) is 4.40. The van der Waals surface area contributed by atoms with Crippen LogP contribution in [0.4, 0.5) is 0 Å². The van der Waals surface area contributed by atoms with E-state index in [1.165, 1.54) is 0 Å². The van der Waals surface area contributed by atoms with Gasteiger partial charge in [-0.2, -0.15) is 0 Å². The van der Waals surface area contributed by atoms with Crippen molar-refractivity contribution in [1.82, 2.24) is 0 Å². The molecule has 0 unspecified atom stereocenters. The van der Waals surface area contributed by atoms with E-state index in [1.54, 1.807) is 0 Å². The molecule has 1 aliphatic heterocycles. The number of carbonyl (C=O) groups excluding carboxylic acids is 1. The summed E-state index contributed by atoms with van der Waals surface area (Å²) >= 11 is 0. The van der Waals surface area contributed by atoms with E-state index in [0.717, 1.165) is 12.3 Å². The summed E-state index contributed by atoms with van der Waals surface area (Å²) in [6, 6.07) is 0. The number of aliphatic imine (C=N–C) groups is 1. The van der Waals surface area contributed by atoms with Crippen LogP contribution >= 0.6 is 0 Å². The summed E-state index contributed by atoms with van der Waals surface area (Å²) in [6.45, 7) is 4.87. The van der Waals surface area contributed by atoms with Crippen LogP contribution in [-0.2, 0) is 4.79 Å². The molecule has 0 bridgehead atoms. The molecule has 0 aromatic rings. The SMILES string of the molecule is CC(C)CC(=O)CC1=NCC=C1. The fourth-order valence-corrected chi connectivity index (χ4v) is 1.26. The lowest BCUT2D eigenvalue weighted by Gasteiger charge is -2.02. The van der Waals surface area contributed by atoms with Crippen molar-refractivity contribution in [3.8, 4) is 0 Å². The molecular formula is C10H15NO. The van der Waals surface area contributed by atoms with Crippen molar-refractivity contribution in [2.45, 2.75) is 26.7 Å². The van der Waals surface area contributed by atoms with Gasteiger partial charge in [0.05, 0.1) is 6.54 Å². The normalized spacial score (nSPS) is 15.4. The molecule has 0 N–H and O–H groups in total. The van der Waals surface area contributed by atoms with Gasteiger partial charge in [-0.15, -0.1) is 0 Å². The van der Waals surface area contributed by atoms with Gasteiger partial charge in [0, 0.05) is 18.6 Å². The van der Waals surface area contributed by atoms with Gasteiger partial charge in [0.2, 0.25) is 0 Å². The largest absolute Gasteiger partial charge is 0.299 e. The van der Waals surface area contributed by atoms with E-state index in [-0.39, 0.29) is 0 Å². The van der Waals surface area contributed by atoms with E-state index in [2.05, 4.69) is 18.8 Å². The zero-order valence-corrected chi connectivity index (χ0v) is 7.71. The summed E-state index contributed by atoms with van der Waals surface area (Å²) in [5, 5.41) is 0. The highest BCUT2D eigenvalue weighted by Gasteiger charge is 2.08. The minimum absolute atomic E-state index is 0.301. The number of hydrogen-bond donors (Lipinski definition) is 0. The smallest absolute Gasteiger partial charge is 0.139 e. The van der Waals surface area contributed by atoms with E-state index in [9.17, 15) is 4.79 Å². The molecule has 0 aromatic carbocycles. The highest BCUT2D eigenvalue weighted by atomic mass is 16.1. The first kappa shape index (κ1) is 9.17. The van der Waals surface area contributed by atoms with Gasteiger partial charge in [-0.3, -0.25) is 9.79 Å². The molecule has 1 rings (SSSR count). The molecule has 0 atom stereocenters. The van der Waals surface area contributed by atoms with Crippen molar-refractivity contribution in [2.24, 2.45) is 10.9 Å². The van der Waals surface area contributed by atoms with Crippen LogP contribution in [0.1, 0.15) is 26.7 Å². The van der Waals surface area contributed by atoms with Crippen LogP contribution < -0.4 is 0 Å². The first-order valence-corrected chi connectivity index (χ1v) is 4.40. The lowest BCUT2D eigenvalue weighted by molar-refractivity contribution is -0.118. The molecule has 0 aromatic heterocycles. The maximum absolute atomic E-state index is 11.3. The molecule has 66 valence electrons. The van der Waals surface area contributed by atoms with Crippen LogP contribution in [0, 0.1) is 5.92 Å². The minimum atomic E-state index is 0.301. The second-order valence-corrected chi connectivity index (χ2v) is 3.55. The monoisotopic (exact) mass is 165 g/mol. The number of rotatable bonds is 4. The number of nitrogens with zero attached hydrogens (tertiary/aromatic N) is 1. The Balaban J connectivity index is 2.31. The Morgan fingerprint density at radius 2 is 2.42 bits per heavy atom. The van der Waals surface area contributed by atoms with Crippen LogP contribution in [0.5, 0.6) is 0 Å². The zero-order valence-electron chi connectivity index (χ0n) is 7.71. The van der Waals surface area contributed by atoms with E-state index < -0.39 is 0 Å². The third kappa shape index (κ3) is 2.99. The molecule has 2 heteroatoms. The quantitative estimate of drug-likeness (QED) is 0.626. The summed E-state index contributed by atoms with van der Waals surface area (Å²) in [4.78, 5) is 15.5.